The number of para-hydroxylation sites is 1. The molecule has 0 fully saturated rings. The van der Waals surface area contributed by atoms with Gasteiger partial charge >= 0.3 is 0 Å². The molecule has 0 atom stereocenters. The van der Waals surface area contributed by atoms with Crippen LogP contribution in [0, 0.1) is 17.5 Å². The van der Waals surface area contributed by atoms with Gasteiger partial charge in [0.15, 0.2) is 11.5 Å². The van der Waals surface area contributed by atoms with Crippen molar-refractivity contribution in [2.75, 3.05) is 12.5 Å². The summed E-state index contributed by atoms with van der Waals surface area (Å²) in [7, 11) is 1.55. The minimum absolute atomic E-state index is 0.0248. The van der Waals surface area contributed by atoms with Crippen LogP contribution in [0.4, 0.5) is 4.39 Å². The summed E-state index contributed by atoms with van der Waals surface area (Å²) in [5, 5.41) is 7.07. The molecule has 2 aromatic carbocycles. The van der Waals surface area contributed by atoms with E-state index in [0.29, 0.717) is 33.7 Å². The Hall–Kier alpha value is -2.58. The van der Waals surface area contributed by atoms with Crippen LogP contribution >= 0.6 is 23.8 Å². The largest absolute Gasteiger partial charge is 0.493 e. The summed E-state index contributed by atoms with van der Waals surface area (Å²) in [6, 6.07) is 10.0. The second-order valence-electron chi connectivity index (χ2n) is 5.68. The zero-order valence-corrected chi connectivity index (χ0v) is 16.3. The van der Waals surface area contributed by atoms with Crippen molar-refractivity contribution in [1.29, 1.82) is 0 Å². The van der Waals surface area contributed by atoms with Crippen molar-refractivity contribution in [2.24, 2.45) is 0 Å². The molecule has 0 saturated carbocycles. The maximum Gasteiger partial charge on any atom is 0.214 e. The van der Waals surface area contributed by atoms with E-state index in [1.165, 1.54) is 6.07 Å². The Morgan fingerprint density at radius 1 is 1.30 bits per heavy atom. The second-order valence-corrected chi connectivity index (χ2v) is 6.48. The van der Waals surface area contributed by atoms with E-state index in [0.717, 1.165) is 5.56 Å². The predicted octanol–water partition coefficient (Wildman–Crippen LogP) is 4.37. The van der Waals surface area contributed by atoms with Crippen LogP contribution < -0.4 is 14.9 Å². The molecule has 142 valence electrons. The number of nitrogens with one attached hydrogen (secondary N) is 2. The van der Waals surface area contributed by atoms with Gasteiger partial charge in [0, 0.05) is 11.1 Å². The number of benzene rings is 2. The first kappa shape index (κ1) is 19.2. The maximum absolute atomic E-state index is 14.0. The smallest absolute Gasteiger partial charge is 0.214 e. The number of H-pyrrole nitrogens is 1. The SMILES string of the molecule is COc1cccc(CNn2c(C)n[nH]c2=S)c1OCc1c(F)cccc1Cl. The van der Waals surface area contributed by atoms with Gasteiger partial charge in [-0.15, -0.1) is 0 Å². The Bertz CT molecular complexity index is 985. The Morgan fingerprint density at radius 3 is 2.74 bits per heavy atom. The van der Waals surface area contributed by atoms with Gasteiger partial charge in [-0.2, -0.15) is 5.10 Å². The Balaban J connectivity index is 1.84. The molecule has 3 rings (SSSR count). The third-order valence-electron chi connectivity index (χ3n) is 3.97. The summed E-state index contributed by atoms with van der Waals surface area (Å²) in [5.41, 5.74) is 4.27. The van der Waals surface area contributed by atoms with Crippen LogP contribution in [0.15, 0.2) is 36.4 Å². The van der Waals surface area contributed by atoms with Crippen LogP contribution in [0.1, 0.15) is 17.0 Å². The molecule has 0 saturated heterocycles. The van der Waals surface area contributed by atoms with Gasteiger partial charge in [0.25, 0.3) is 0 Å². The van der Waals surface area contributed by atoms with Crippen molar-refractivity contribution in [2.45, 2.75) is 20.1 Å². The topological polar surface area (TPSA) is 64.1 Å². The van der Waals surface area contributed by atoms with Gasteiger partial charge in [0.05, 0.1) is 18.7 Å². The zero-order chi connectivity index (χ0) is 19.4. The van der Waals surface area contributed by atoms with Crippen LogP contribution in [0.5, 0.6) is 11.5 Å². The lowest BCUT2D eigenvalue weighted by atomic mass is 10.1. The number of rotatable bonds is 7. The Morgan fingerprint density at radius 2 is 2.07 bits per heavy atom. The molecule has 1 aromatic heterocycles. The number of halogens is 2. The third-order valence-corrected chi connectivity index (χ3v) is 4.60. The van der Waals surface area contributed by atoms with E-state index in [1.807, 2.05) is 19.1 Å². The van der Waals surface area contributed by atoms with E-state index in [2.05, 4.69) is 15.6 Å². The summed E-state index contributed by atoms with van der Waals surface area (Å²) in [6.07, 6.45) is 0. The molecule has 9 heteroatoms. The number of hydrogen-bond acceptors (Lipinski definition) is 5. The van der Waals surface area contributed by atoms with E-state index >= 15 is 0 Å². The van der Waals surface area contributed by atoms with Crippen molar-refractivity contribution < 1.29 is 13.9 Å². The van der Waals surface area contributed by atoms with E-state index < -0.39 is 5.82 Å². The maximum atomic E-state index is 14.0. The first-order valence-electron chi connectivity index (χ1n) is 8.10. The highest BCUT2D eigenvalue weighted by Crippen LogP contribution is 2.33. The summed E-state index contributed by atoms with van der Waals surface area (Å²) in [6.45, 7) is 2.19. The zero-order valence-electron chi connectivity index (χ0n) is 14.8. The van der Waals surface area contributed by atoms with Gasteiger partial charge in [0.2, 0.25) is 4.77 Å². The molecule has 0 amide bonds. The molecule has 0 aliphatic rings. The minimum Gasteiger partial charge on any atom is -0.493 e. The van der Waals surface area contributed by atoms with Gasteiger partial charge in [-0.25, -0.2) is 9.07 Å². The highest BCUT2D eigenvalue weighted by atomic mass is 35.5. The highest BCUT2D eigenvalue weighted by Gasteiger charge is 2.14. The summed E-state index contributed by atoms with van der Waals surface area (Å²) in [5.74, 6) is 1.31. The van der Waals surface area contributed by atoms with Gasteiger partial charge in [-0.3, -0.25) is 5.10 Å². The predicted molar refractivity (Wildman–Crippen MR) is 104 cm³/mol. The molecule has 0 aliphatic carbocycles. The highest BCUT2D eigenvalue weighted by molar-refractivity contribution is 7.71. The van der Waals surface area contributed by atoms with E-state index in [9.17, 15) is 4.39 Å². The molecule has 1 heterocycles. The number of hydrogen-bond donors (Lipinski definition) is 2. The Kier molecular flexibility index (Phi) is 5.98. The summed E-state index contributed by atoms with van der Waals surface area (Å²) < 4.78 is 27.4. The quantitative estimate of drug-likeness (QED) is 0.568. The summed E-state index contributed by atoms with van der Waals surface area (Å²) >= 11 is 11.3. The van der Waals surface area contributed by atoms with Crippen LogP contribution in [0.25, 0.3) is 0 Å². The average Bonchev–Trinajstić information content (AvgIpc) is 2.97. The lowest BCUT2D eigenvalue weighted by molar-refractivity contribution is 0.277. The molecule has 3 aromatic rings. The fourth-order valence-corrected chi connectivity index (χ4v) is 3.03. The first-order chi connectivity index (χ1) is 13.0. The van der Waals surface area contributed by atoms with Crippen LogP contribution in [0.3, 0.4) is 0 Å². The number of aromatic amines is 1. The molecule has 0 spiro atoms. The van der Waals surface area contributed by atoms with E-state index in [1.54, 1.807) is 30.0 Å². The second kappa shape index (κ2) is 8.41. The van der Waals surface area contributed by atoms with Gasteiger partial charge in [-0.1, -0.05) is 29.8 Å². The molecule has 2 N–H and O–H groups in total. The summed E-state index contributed by atoms with van der Waals surface area (Å²) in [4.78, 5) is 0. The standard InChI is InChI=1S/C18H18ClFN4O2S/c1-11-22-23-18(27)24(11)21-9-12-5-3-8-16(25-2)17(12)26-10-13-14(19)6-4-7-15(13)20/h3-8,21H,9-10H2,1-2H3,(H,23,27). The molecule has 0 aliphatic heterocycles. The minimum atomic E-state index is -0.419. The lowest BCUT2D eigenvalue weighted by Gasteiger charge is -2.17. The normalized spacial score (nSPS) is 10.7. The molecule has 0 unspecified atom stereocenters. The third kappa shape index (κ3) is 4.23. The number of nitrogens with zero attached hydrogens (tertiary/aromatic N) is 2. The molecule has 27 heavy (non-hydrogen) atoms. The number of aryl methyl sites for hydroxylation is 1. The van der Waals surface area contributed by atoms with Crippen molar-refractivity contribution in [3.8, 4) is 11.5 Å². The first-order valence-corrected chi connectivity index (χ1v) is 8.89. The monoisotopic (exact) mass is 408 g/mol. The van der Waals surface area contributed by atoms with Gasteiger partial charge in [-0.05, 0) is 37.3 Å². The van der Waals surface area contributed by atoms with Crippen molar-refractivity contribution in [3.05, 3.63) is 69.0 Å². The van der Waals surface area contributed by atoms with Crippen LogP contribution in [-0.4, -0.2) is 22.0 Å². The van der Waals surface area contributed by atoms with Gasteiger partial charge < -0.3 is 14.9 Å². The molecule has 0 bridgehead atoms. The number of aromatic nitrogens is 3. The molecule has 6 nitrogen and oxygen atoms in total. The van der Waals surface area contributed by atoms with E-state index in [-0.39, 0.29) is 12.2 Å². The molecular weight excluding hydrogens is 391 g/mol. The van der Waals surface area contributed by atoms with Crippen molar-refractivity contribution >= 4 is 23.8 Å². The average molecular weight is 409 g/mol. The fraction of sp³-hybridized carbons (Fsp3) is 0.222. The van der Waals surface area contributed by atoms with Crippen molar-refractivity contribution in [3.63, 3.8) is 0 Å². The van der Waals surface area contributed by atoms with Crippen LogP contribution in [-0.2, 0) is 13.2 Å². The Labute approximate surface area is 165 Å². The number of ether oxygens (including phenoxy) is 2. The fourth-order valence-electron chi connectivity index (χ4n) is 2.57. The molecular formula is C18H18ClFN4O2S. The lowest BCUT2D eigenvalue weighted by Crippen LogP contribution is -2.17. The van der Waals surface area contributed by atoms with E-state index in [4.69, 9.17) is 33.3 Å². The van der Waals surface area contributed by atoms with Gasteiger partial charge in [0.1, 0.15) is 18.2 Å². The molecule has 0 radical (unpaired) electrons. The van der Waals surface area contributed by atoms with Crippen LogP contribution in [0.2, 0.25) is 5.02 Å². The van der Waals surface area contributed by atoms with Crippen molar-refractivity contribution in [1.82, 2.24) is 14.9 Å². The number of methoxy groups -OCH3 is 1.